The molecule has 0 radical (unpaired) electrons. The number of amides is 1. The predicted molar refractivity (Wildman–Crippen MR) is 312 cm³/mol. The molecule has 9 N–H and O–H groups in total. The van der Waals surface area contributed by atoms with E-state index in [-0.39, 0.29) is 92.6 Å². The van der Waals surface area contributed by atoms with E-state index in [0.717, 1.165) is 12.1 Å². The first-order valence-corrected chi connectivity index (χ1v) is 35.5. The molecule has 1 unspecified atom stereocenters. The third kappa shape index (κ3) is 13.8. The Bertz CT molecular complexity index is 4720. The van der Waals surface area contributed by atoms with Gasteiger partial charge in [0.15, 0.2) is 0 Å². The molecule has 1 amide bonds. The van der Waals surface area contributed by atoms with E-state index in [9.17, 15) is 91.0 Å². The van der Waals surface area contributed by atoms with Gasteiger partial charge < -0.3 is 15.1 Å². The molecule has 3 heterocycles. The quantitative estimate of drug-likeness (QED) is 0.0355. The van der Waals surface area contributed by atoms with E-state index in [0.29, 0.717) is 29.1 Å². The third-order valence-electron chi connectivity index (χ3n) is 14.6. The van der Waals surface area contributed by atoms with Crippen molar-refractivity contribution in [1.29, 1.82) is 0 Å². The number of rotatable bonds is 20. The van der Waals surface area contributed by atoms with Gasteiger partial charge in [-0.25, -0.2) is 13.6 Å². The molecule has 0 aliphatic carbocycles. The molecule has 33 heteroatoms. The number of nitrogens with one attached hydrogen (secondary N) is 1. The molecule has 26 nitrogen and oxygen atoms in total. The van der Waals surface area contributed by atoms with Crippen molar-refractivity contribution < 1.29 is 91.0 Å². The predicted octanol–water partition coefficient (Wildman–Crippen LogP) is 5.30. The smallest absolute Gasteiger partial charge is 0.295 e. The Balaban J connectivity index is 1.35. The first-order chi connectivity index (χ1) is 39.0. The van der Waals surface area contributed by atoms with E-state index < -0.39 is 125 Å². The highest BCUT2D eigenvalue weighted by Gasteiger charge is 2.46. The van der Waals surface area contributed by atoms with Crippen LogP contribution in [0.4, 0.5) is 11.4 Å². The Morgan fingerprint density at radius 2 is 1.13 bits per heavy atom. The molecule has 2 aliphatic heterocycles. The van der Waals surface area contributed by atoms with Crippen molar-refractivity contribution in [3.8, 4) is 0 Å². The molecule has 0 spiro atoms. The lowest BCUT2D eigenvalue weighted by atomic mass is 9.78. The molecular weight excluding hydrogens is 1260 g/mol. The van der Waals surface area contributed by atoms with Gasteiger partial charge in [0.05, 0.1) is 37.9 Å². The van der Waals surface area contributed by atoms with Crippen LogP contribution in [0.1, 0.15) is 73.3 Å². The minimum absolute atomic E-state index is 0.0329. The maximum Gasteiger partial charge on any atom is 0.295 e. The third-order valence-corrected chi connectivity index (χ3v) is 20.6. The number of anilines is 2. The molecule has 0 saturated heterocycles. The van der Waals surface area contributed by atoms with E-state index in [2.05, 4.69) is 10.3 Å². The van der Waals surface area contributed by atoms with Crippen LogP contribution in [-0.2, 0) is 88.1 Å². The summed E-state index contributed by atoms with van der Waals surface area (Å²) in [7, 11) is -33.8. The number of carbonyl (C=O) groups excluding carboxylic acids is 1. The lowest BCUT2D eigenvalue weighted by Gasteiger charge is -2.32. The number of hydrogen-bond acceptors (Lipinski definition) is 18. The van der Waals surface area contributed by atoms with Crippen molar-refractivity contribution in [3.05, 3.63) is 149 Å². The van der Waals surface area contributed by atoms with Crippen molar-refractivity contribution in [1.82, 2.24) is 10.3 Å². The first kappa shape index (κ1) is 64.4. The van der Waals surface area contributed by atoms with E-state index in [1.807, 2.05) is 0 Å². The second-order valence-corrected chi connectivity index (χ2v) is 31.4. The fourth-order valence-corrected chi connectivity index (χ4v) is 15.1. The molecule has 1 aromatic heterocycles. The van der Waals surface area contributed by atoms with Crippen molar-refractivity contribution in [3.63, 3.8) is 0 Å². The van der Waals surface area contributed by atoms with E-state index >= 15 is 0 Å². The molecule has 1 atom stereocenters. The number of benzene rings is 5. The number of aromatic nitrogens is 1. The van der Waals surface area contributed by atoms with Gasteiger partial charge in [-0.1, -0.05) is 70.2 Å². The SMILES string of the molecule is CC1(C)C(=CC=C(/C=C/C2N(CCCS(=O)(=O)O)c3ccc4c(S(=O)(=O)O)cc(S(=O)(=O)O)cc4c3C2(C)C)c2cc(C(=O)NCc3ccc(S(N)(=O)=O)cc3)ccn2)N(CCCS(=O)(=O)O)c2ccc3c(S(=O)(=O)O)cc(S(=O)(=O)O)cc3c21. The highest BCUT2D eigenvalue weighted by atomic mass is 32.2. The van der Waals surface area contributed by atoms with Crippen molar-refractivity contribution in [2.45, 2.75) is 88.4 Å². The summed E-state index contributed by atoms with van der Waals surface area (Å²) < 4.78 is 234. The Labute approximate surface area is 490 Å². The number of hydrogen-bond donors (Lipinski definition) is 8. The zero-order chi connectivity index (χ0) is 63.0. The molecule has 6 aromatic rings. The van der Waals surface area contributed by atoms with Gasteiger partial charge >= 0.3 is 0 Å². The Kier molecular flexibility index (Phi) is 17.1. The molecule has 8 rings (SSSR count). The summed E-state index contributed by atoms with van der Waals surface area (Å²) >= 11 is 0. The van der Waals surface area contributed by atoms with Gasteiger partial charge in [-0.2, -0.15) is 50.5 Å². The van der Waals surface area contributed by atoms with Crippen LogP contribution in [0, 0.1) is 0 Å². The summed E-state index contributed by atoms with van der Waals surface area (Å²) in [6.07, 6.45) is 7.09. The number of allylic oxidation sites excluding steroid dienone is 5. The summed E-state index contributed by atoms with van der Waals surface area (Å²) in [5, 5.41) is 7.52. The molecule has 0 bridgehead atoms. The fourth-order valence-electron chi connectivity index (χ4n) is 10.9. The van der Waals surface area contributed by atoms with Gasteiger partial charge in [-0.15, -0.1) is 0 Å². The van der Waals surface area contributed by atoms with E-state index in [1.54, 1.807) is 55.7 Å². The van der Waals surface area contributed by atoms with Gasteiger partial charge in [-0.05, 0) is 113 Å². The lowest BCUT2D eigenvalue weighted by molar-refractivity contribution is 0.0950. The average molecular weight is 1310 g/mol. The number of pyridine rings is 1. The molecule has 0 fully saturated rings. The minimum atomic E-state index is -5.18. The monoisotopic (exact) mass is 1310 g/mol. The number of nitrogens with zero attached hydrogens (tertiary/aromatic N) is 3. The van der Waals surface area contributed by atoms with Gasteiger partial charge in [0, 0.05) is 70.1 Å². The lowest BCUT2D eigenvalue weighted by Crippen LogP contribution is -2.41. The molecule has 85 heavy (non-hydrogen) atoms. The normalized spacial score (nSPS) is 17.3. The Morgan fingerprint density at radius 1 is 0.612 bits per heavy atom. The molecule has 0 saturated carbocycles. The van der Waals surface area contributed by atoms with Crippen molar-refractivity contribution >= 4 is 115 Å². The average Bonchev–Trinajstić information content (AvgIpc) is 1.65. The van der Waals surface area contributed by atoms with Crippen molar-refractivity contribution in [2.24, 2.45) is 5.14 Å². The summed E-state index contributed by atoms with van der Waals surface area (Å²) in [6.45, 7) is 6.25. The zero-order valence-electron chi connectivity index (χ0n) is 45.1. The van der Waals surface area contributed by atoms with Crippen LogP contribution < -0.4 is 20.3 Å². The van der Waals surface area contributed by atoms with Crippen LogP contribution in [0.15, 0.2) is 146 Å². The van der Waals surface area contributed by atoms with Crippen LogP contribution in [0.2, 0.25) is 0 Å². The summed E-state index contributed by atoms with van der Waals surface area (Å²) in [5.74, 6) is -2.12. The standard InChI is InChI=1S/C52H55N5O21S7/c1-51(2)46(56(21-5-23-79(59,60)61)42-15-13-37-39(48(42)51)26-35(82(67,68)69)28-44(37)84(73,74)75)17-9-32(41-25-33(19-20-54-41)50(58)55-30-31-7-11-34(12-8-31)81(53,65)66)10-18-47-52(3,4)49-40-27-36(83(70,71)72)29-45(85(76,77)78)38(40)14-16-43(49)57(47)22-6-24-80(62,63)64/h7-20,25-29,46H,5-6,21-24,30H2,1-4H3,(H,55,58)(H2,53,65,66)(H,59,60,61)(H,62,63,64)(H,67,68,69)(H,70,71,72)(H,73,74,75)(H,76,77,78)/b17-9+,32-10?,47-18?. The molecule has 456 valence electrons. The molecular formula is C52H55N5O21S7. The number of fused-ring (bicyclic) bond motifs is 6. The van der Waals surface area contributed by atoms with E-state index in [4.69, 9.17) is 5.14 Å². The van der Waals surface area contributed by atoms with Gasteiger partial charge in [-0.3, -0.25) is 37.1 Å². The van der Waals surface area contributed by atoms with Gasteiger partial charge in [0.1, 0.15) is 9.79 Å². The van der Waals surface area contributed by atoms with Crippen LogP contribution in [0.25, 0.3) is 27.1 Å². The Morgan fingerprint density at radius 3 is 1.64 bits per heavy atom. The first-order valence-electron chi connectivity index (χ1n) is 25.0. The summed E-state index contributed by atoms with van der Waals surface area (Å²) in [6, 6.07) is 15.8. The molecule has 2 aliphatic rings. The summed E-state index contributed by atoms with van der Waals surface area (Å²) in [4.78, 5) is 18.1. The van der Waals surface area contributed by atoms with Crippen LogP contribution >= 0.6 is 0 Å². The number of nitrogens with two attached hydrogens (primary N) is 1. The topological polar surface area (TPSA) is 435 Å². The van der Waals surface area contributed by atoms with Crippen LogP contribution in [-0.4, -0.2) is 128 Å². The second kappa shape index (κ2) is 22.6. The van der Waals surface area contributed by atoms with Gasteiger partial charge in [0.25, 0.3) is 66.6 Å². The minimum Gasteiger partial charge on any atom is -0.364 e. The number of carbonyl (C=O) groups is 1. The van der Waals surface area contributed by atoms with Crippen molar-refractivity contribution in [2.75, 3.05) is 34.4 Å². The maximum absolute atomic E-state index is 13.9. The Hall–Kier alpha value is -6.57. The highest BCUT2D eigenvalue weighted by Crippen LogP contribution is 2.53. The van der Waals surface area contributed by atoms with E-state index in [1.165, 1.54) is 72.9 Å². The fraction of sp³-hybridized carbons (Fsp3) is 0.269. The van der Waals surface area contributed by atoms with Crippen LogP contribution in [0.3, 0.4) is 0 Å². The largest absolute Gasteiger partial charge is 0.364 e. The number of primary sulfonamides is 1. The molecule has 5 aromatic carbocycles. The highest BCUT2D eigenvalue weighted by molar-refractivity contribution is 7.89. The van der Waals surface area contributed by atoms with Crippen LogP contribution in [0.5, 0.6) is 0 Å². The summed E-state index contributed by atoms with van der Waals surface area (Å²) in [5.41, 5.74) is -0.486. The van der Waals surface area contributed by atoms with Gasteiger partial charge in [0.2, 0.25) is 10.0 Å². The second-order valence-electron chi connectivity index (χ2n) is 21.1. The maximum atomic E-state index is 13.9. The zero-order valence-corrected chi connectivity index (χ0v) is 50.8. The number of sulfonamides is 1.